The summed E-state index contributed by atoms with van der Waals surface area (Å²) in [7, 11) is 0. The molecule has 0 aliphatic carbocycles. The maximum Gasteiger partial charge on any atom is 0.291 e. The van der Waals surface area contributed by atoms with Crippen LogP contribution in [0, 0.1) is 19.7 Å². The molecule has 0 saturated heterocycles. The minimum Gasteiger partial charge on any atom is -0.459 e. The number of anilines is 2. The third-order valence-electron chi connectivity index (χ3n) is 5.02. The van der Waals surface area contributed by atoms with Crippen molar-refractivity contribution in [3.8, 4) is 5.69 Å². The number of aromatic nitrogens is 2. The second-order valence-electron chi connectivity index (χ2n) is 7.27. The summed E-state index contributed by atoms with van der Waals surface area (Å²) in [6, 6.07) is 16.0. The van der Waals surface area contributed by atoms with Crippen molar-refractivity contribution in [3.05, 3.63) is 95.5 Å². The molecule has 0 aliphatic rings. The van der Waals surface area contributed by atoms with E-state index in [-0.39, 0.29) is 29.8 Å². The van der Waals surface area contributed by atoms with Crippen molar-refractivity contribution < 1.29 is 18.4 Å². The number of rotatable bonds is 6. The van der Waals surface area contributed by atoms with E-state index in [0.717, 1.165) is 22.6 Å². The van der Waals surface area contributed by atoms with E-state index in [1.54, 1.807) is 53.2 Å². The molecule has 0 fully saturated rings. The zero-order chi connectivity index (χ0) is 22.7. The van der Waals surface area contributed by atoms with E-state index in [1.165, 1.54) is 18.4 Å². The van der Waals surface area contributed by atoms with Gasteiger partial charge in [0.2, 0.25) is 5.91 Å². The van der Waals surface area contributed by atoms with E-state index in [2.05, 4.69) is 15.7 Å². The molecule has 4 aromatic rings. The van der Waals surface area contributed by atoms with Crippen LogP contribution in [0.5, 0.6) is 0 Å². The van der Waals surface area contributed by atoms with E-state index in [0.29, 0.717) is 11.4 Å². The van der Waals surface area contributed by atoms with Gasteiger partial charge < -0.3 is 15.1 Å². The number of nitrogens with one attached hydrogen (secondary N) is 2. The highest BCUT2D eigenvalue weighted by Gasteiger charge is 2.16. The fourth-order valence-electron chi connectivity index (χ4n) is 3.37. The number of amides is 2. The number of nitrogens with zero attached hydrogens (tertiary/aromatic N) is 2. The first kappa shape index (κ1) is 21.0. The molecule has 0 unspecified atom stereocenters. The average Bonchev–Trinajstić information content (AvgIpc) is 3.41. The molecule has 162 valence electrons. The molecular formula is C24H21FN4O3. The summed E-state index contributed by atoms with van der Waals surface area (Å²) in [6.45, 7) is 3.72. The first-order valence-corrected chi connectivity index (χ1v) is 9.96. The first-order chi connectivity index (χ1) is 15.4. The number of carbonyl (C=O) groups excluding carboxylic acids is 2. The van der Waals surface area contributed by atoms with Crippen molar-refractivity contribution in [1.82, 2.24) is 9.78 Å². The Hall–Kier alpha value is -4.20. The number of benzene rings is 2. The summed E-state index contributed by atoms with van der Waals surface area (Å²) in [6.07, 6.45) is 1.58. The largest absolute Gasteiger partial charge is 0.459 e. The van der Waals surface area contributed by atoms with Crippen LogP contribution >= 0.6 is 0 Å². The molecule has 0 atom stereocenters. The molecule has 0 saturated carbocycles. The predicted molar refractivity (Wildman–Crippen MR) is 118 cm³/mol. The van der Waals surface area contributed by atoms with Gasteiger partial charge in [0.25, 0.3) is 5.91 Å². The van der Waals surface area contributed by atoms with Gasteiger partial charge in [-0.05, 0) is 74.5 Å². The van der Waals surface area contributed by atoms with Gasteiger partial charge in [-0.1, -0.05) is 0 Å². The Bertz CT molecular complexity index is 1240. The van der Waals surface area contributed by atoms with Crippen LogP contribution in [0.25, 0.3) is 5.69 Å². The highest BCUT2D eigenvalue weighted by atomic mass is 19.1. The molecule has 4 rings (SSSR count). The highest BCUT2D eigenvalue weighted by Crippen LogP contribution is 2.20. The van der Waals surface area contributed by atoms with Gasteiger partial charge in [0, 0.05) is 22.6 Å². The van der Waals surface area contributed by atoms with Crippen LogP contribution in [0.4, 0.5) is 15.8 Å². The lowest BCUT2D eigenvalue weighted by atomic mass is 10.1. The monoisotopic (exact) mass is 432 g/mol. The summed E-state index contributed by atoms with van der Waals surface area (Å²) >= 11 is 0. The van der Waals surface area contributed by atoms with Crippen molar-refractivity contribution in [1.29, 1.82) is 0 Å². The standard InChI is InChI=1S/C24H21FN4O3/c1-15-21(16(2)29(28-15)20-11-5-17(25)6-12-20)14-23(30)26-18-7-9-19(10-8-18)27-24(31)22-4-3-13-32-22/h3-13H,14H2,1-2H3,(H,26,30)(H,27,31). The van der Waals surface area contributed by atoms with Gasteiger partial charge in [0.15, 0.2) is 5.76 Å². The average molecular weight is 432 g/mol. The molecule has 0 bridgehead atoms. The molecule has 0 spiro atoms. The van der Waals surface area contributed by atoms with Crippen LogP contribution in [0.15, 0.2) is 71.3 Å². The van der Waals surface area contributed by atoms with Gasteiger partial charge in [-0.2, -0.15) is 5.10 Å². The Morgan fingerprint density at radius 2 is 1.62 bits per heavy atom. The normalized spacial score (nSPS) is 10.7. The quantitative estimate of drug-likeness (QED) is 0.464. The van der Waals surface area contributed by atoms with E-state index in [4.69, 9.17) is 4.42 Å². The maximum atomic E-state index is 13.2. The van der Waals surface area contributed by atoms with Crippen molar-refractivity contribution in [2.45, 2.75) is 20.3 Å². The van der Waals surface area contributed by atoms with Gasteiger partial charge in [-0.3, -0.25) is 9.59 Å². The number of carbonyl (C=O) groups is 2. The maximum absolute atomic E-state index is 13.2. The van der Waals surface area contributed by atoms with Crippen LogP contribution in [-0.2, 0) is 11.2 Å². The Balaban J connectivity index is 1.40. The number of aryl methyl sites for hydroxylation is 1. The van der Waals surface area contributed by atoms with Gasteiger partial charge >= 0.3 is 0 Å². The zero-order valence-electron chi connectivity index (χ0n) is 17.6. The Morgan fingerprint density at radius 3 is 2.25 bits per heavy atom. The van der Waals surface area contributed by atoms with Crippen molar-refractivity contribution in [2.75, 3.05) is 10.6 Å². The van der Waals surface area contributed by atoms with Crippen LogP contribution in [0.2, 0.25) is 0 Å². The SMILES string of the molecule is Cc1nn(-c2ccc(F)cc2)c(C)c1CC(=O)Nc1ccc(NC(=O)c2ccco2)cc1. The zero-order valence-corrected chi connectivity index (χ0v) is 17.6. The lowest BCUT2D eigenvalue weighted by Gasteiger charge is -2.08. The molecule has 2 amide bonds. The molecule has 2 heterocycles. The van der Waals surface area contributed by atoms with Gasteiger partial charge in [0.05, 0.1) is 24.1 Å². The summed E-state index contributed by atoms with van der Waals surface area (Å²) < 4.78 is 20.0. The molecule has 2 N–H and O–H groups in total. The first-order valence-electron chi connectivity index (χ1n) is 9.96. The predicted octanol–water partition coefficient (Wildman–Crippen LogP) is 4.65. The van der Waals surface area contributed by atoms with Crippen molar-refractivity contribution in [2.24, 2.45) is 0 Å². The van der Waals surface area contributed by atoms with Crippen molar-refractivity contribution >= 4 is 23.2 Å². The summed E-state index contributed by atoms with van der Waals surface area (Å²) in [5, 5.41) is 10.1. The van der Waals surface area contributed by atoms with Gasteiger partial charge in [-0.25, -0.2) is 9.07 Å². The second-order valence-corrected chi connectivity index (χ2v) is 7.27. The molecule has 2 aromatic carbocycles. The molecule has 2 aromatic heterocycles. The minimum absolute atomic E-state index is 0.149. The Labute approximate surface area is 183 Å². The fourth-order valence-corrected chi connectivity index (χ4v) is 3.37. The van der Waals surface area contributed by atoms with Crippen LogP contribution < -0.4 is 10.6 Å². The highest BCUT2D eigenvalue weighted by molar-refractivity contribution is 6.02. The summed E-state index contributed by atoms with van der Waals surface area (Å²) in [5.74, 6) is -0.645. The van der Waals surface area contributed by atoms with E-state index in [9.17, 15) is 14.0 Å². The van der Waals surface area contributed by atoms with Crippen LogP contribution in [0.1, 0.15) is 27.5 Å². The molecule has 7 nitrogen and oxygen atoms in total. The lowest BCUT2D eigenvalue weighted by Crippen LogP contribution is -2.15. The van der Waals surface area contributed by atoms with Crippen molar-refractivity contribution in [3.63, 3.8) is 0 Å². The molecular weight excluding hydrogens is 411 g/mol. The molecule has 0 aliphatic heterocycles. The Morgan fingerprint density at radius 1 is 0.969 bits per heavy atom. The van der Waals surface area contributed by atoms with Gasteiger partial charge in [0.1, 0.15) is 5.82 Å². The molecule has 32 heavy (non-hydrogen) atoms. The topological polar surface area (TPSA) is 89.2 Å². The van der Waals surface area contributed by atoms with Gasteiger partial charge in [-0.15, -0.1) is 0 Å². The Kier molecular flexibility index (Phi) is 5.85. The van der Waals surface area contributed by atoms with Crippen LogP contribution in [-0.4, -0.2) is 21.6 Å². The number of halogens is 1. The van der Waals surface area contributed by atoms with E-state index < -0.39 is 0 Å². The number of hydrogen-bond acceptors (Lipinski definition) is 4. The second kappa shape index (κ2) is 8.89. The fraction of sp³-hybridized carbons (Fsp3) is 0.125. The summed E-state index contributed by atoms with van der Waals surface area (Å²) in [4.78, 5) is 24.6. The third-order valence-corrected chi connectivity index (χ3v) is 5.02. The molecule has 0 radical (unpaired) electrons. The van der Waals surface area contributed by atoms with E-state index >= 15 is 0 Å². The van der Waals surface area contributed by atoms with Crippen LogP contribution in [0.3, 0.4) is 0 Å². The number of hydrogen-bond donors (Lipinski definition) is 2. The molecule has 8 heteroatoms. The smallest absolute Gasteiger partial charge is 0.291 e. The minimum atomic E-state index is -0.351. The van der Waals surface area contributed by atoms with E-state index in [1.807, 2.05) is 13.8 Å². The summed E-state index contributed by atoms with van der Waals surface area (Å²) in [5.41, 5.74) is 4.28. The number of furan rings is 1. The lowest BCUT2D eigenvalue weighted by molar-refractivity contribution is -0.115. The third kappa shape index (κ3) is 4.59.